The average Bonchev–Trinajstić information content (AvgIpc) is 1.61. The van der Waals surface area contributed by atoms with E-state index in [4.69, 9.17) is 5.73 Å². The summed E-state index contributed by atoms with van der Waals surface area (Å²) in [6.45, 7) is 1.84. The van der Waals surface area contributed by atoms with E-state index in [0.717, 1.165) is 0 Å². The monoisotopic (exact) mass is 133 g/mol. The van der Waals surface area contributed by atoms with Gasteiger partial charge in [-0.05, 0) is 12.3 Å². The molecule has 0 aromatic carbocycles. The number of hydrogen-bond acceptors (Lipinski definition) is 2. The lowest BCUT2D eigenvalue weighted by Crippen LogP contribution is -2.10. The number of nitrogens with two attached hydrogens (primary N) is 1. The zero-order valence-electron chi connectivity index (χ0n) is 5.13. The molecule has 48 valence electrons. The van der Waals surface area contributed by atoms with E-state index in [1.165, 1.54) is 0 Å². The predicted octanol–water partition coefficient (Wildman–Crippen LogP) is 0.226. The highest BCUT2D eigenvalue weighted by atomic mass is 32.2. The Kier molecular flexibility index (Phi) is 3.73. The number of hydrogen-bond donors (Lipinski definition) is 1. The molecule has 2 nitrogen and oxygen atoms in total. The van der Waals surface area contributed by atoms with Gasteiger partial charge in [0.05, 0.1) is 0 Å². The quantitative estimate of drug-likeness (QED) is 0.586. The zero-order chi connectivity index (χ0) is 6.57. The summed E-state index contributed by atoms with van der Waals surface area (Å²) in [5.41, 5.74) is 5.32. The third-order valence-electron chi connectivity index (χ3n) is 0.574. The molecule has 3 heteroatoms. The molecule has 0 aliphatic carbocycles. The van der Waals surface area contributed by atoms with Crippen molar-refractivity contribution in [2.75, 3.05) is 6.26 Å². The molecular formula is C5H11NOS. The third-order valence-corrected chi connectivity index (χ3v) is 1.11. The molecule has 0 fully saturated rings. The molecule has 0 aliphatic heterocycles. The minimum atomic E-state index is -0.847. The predicted molar refractivity (Wildman–Crippen MR) is 36.9 cm³/mol. The summed E-state index contributed by atoms with van der Waals surface area (Å²) < 4.78 is 10.3. The van der Waals surface area contributed by atoms with Gasteiger partial charge in [0.25, 0.3) is 0 Å². The van der Waals surface area contributed by atoms with Crippen molar-refractivity contribution < 1.29 is 4.21 Å². The fourth-order valence-corrected chi connectivity index (χ4v) is 0.704. The Morgan fingerprint density at radius 1 is 1.75 bits per heavy atom. The van der Waals surface area contributed by atoms with Crippen LogP contribution in [0, 0.1) is 0 Å². The van der Waals surface area contributed by atoms with E-state index in [1.54, 1.807) is 17.7 Å². The maximum atomic E-state index is 10.3. The molecule has 2 N–H and O–H groups in total. The van der Waals surface area contributed by atoms with Crippen molar-refractivity contribution >= 4 is 10.8 Å². The summed E-state index contributed by atoms with van der Waals surface area (Å²) in [5.74, 6) is 0. The summed E-state index contributed by atoms with van der Waals surface area (Å²) in [7, 11) is -0.847. The van der Waals surface area contributed by atoms with Crippen LogP contribution in [0.2, 0.25) is 0 Å². The highest BCUT2D eigenvalue weighted by Gasteiger charge is 1.82. The zero-order valence-corrected chi connectivity index (χ0v) is 5.94. The molecule has 0 bridgehead atoms. The third kappa shape index (κ3) is 5.85. The van der Waals surface area contributed by atoms with Gasteiger partial charge in [-0.3, -0.25) is 4.21 Å². The van der Waals surface area contributed by atoms with E-state index in [9.17, 15) is 4.21 Å². The first kappa shape index (κ1) is 7.85. The van der Waals surface area contributed by atoms with Crippen LogP contribution in [0.15, 0.2) is 11.5 Å². The molecular weight excluding hydrogens is 122 g/mol. The Labute approximate surface area is 52.2 Å². The van der Waals surface area contributed by atoms with Crippen LogP contribution in [-0.2, 0) is 10.8 Å². The molecule has 0 saturated heterocycles. The van der Waals surface area contributed by atoms with Gasteiger partial charge in [0.1, 0.15) is 0 Å². The molecule has 8 heavy (non-hydrogen) atoms. The van der Waals surface area contributed by atoms with Crippen molar-refractivity contribution in [3.8, 4) is 0 Å². The van der Waals surface area contributed by atoms with E-state index in [-0.39, 0.29) is 6.04 Å². The molecule has 1 unspecified atom stereocenters. The SMILES string of the molecule is C[C@@H](N)/C=C\S(C)=O. The summed E-state index contributed by atoms with van der Waals surface area (Å²) >= 11 is 0. The Bertz CT molecular complexity index is 109. The van der Waals surface area contributed by atoms with Gasteiger partial charge in [0.2, 0.25) is 0 Å². The molecule has 0 aromatic heterocycles. The minimum Gasteiger partial charge on any atom is -0.325 e. The second-order valence-corrected chi connectivity index (χ2v) is 2.96. The van der Waals surface area contributed by atoms with Crippen molar-refractivity contribution in [2.24, 2.45) is 5.73 Å². The lowest BCUT2D eigenvalue weighted by Gasteiger charge is -1.90. The Morgan fingerprint density at radius 3 is 2.38 bits per heavy atom. The van der Waals surface area contributed by atoms with E-state index >= 15 is 0 Å². The van der Waals surface area contributed by atoms with E-state index < -0.39 is 10.8 Å². The smallest absolute Gasteiger partial charge is 0.0421 e. The Morgan fingerprint density at radius 2 is 2.25 bits per heavy atom. The molecule has 0 aromatic rings. The fourth-order valence-electron chi connectivity index (χ4n) is 0.235. The summed E-state index contributed by atoms with van der Waals surface area (Å²) in [6, 6.07) is 0.0129. The van der Waals surface area contributed by atoms with Gasteiger partial charge in [-0.15, -0.1) is 0 Å². The highest BCUT2D eigenvalue weighted by Crippen LogP contribution is 1.81. The van der Waals surface area contributed by atoms with Crippen LogP contribution in [0.3, 0.4) is 0 Å². The molecule has 0 saturated carbocycles. The maximum absolute atomic E-state index is 10.3. The van der Waals surface area contributed by atoms with Gasteiger partial charge < -0.3 is 5.73 Å². The molecule has 0 heterocycles. The Hall–Kier alpha value is -0.150. The lowest BCUT2D eigenvalue weighted by molar-refractivity contribution is 0.691. The normalized spacial score (nSPS) is 18.9. The lowest BCUT2D eigenvalue weighted by atomic mass is 10.4. The fraction of sp³-hybridized carbons (Fsp3) is 0.600. The van der Waals surface area contributed by atoms with Gasteiger partial charge in [-0.2, -0.15) is 0 Å². The second-order valence-electron chi connectivity index (χ2n) is 1.69. The largest absolute Gasteiger partial charge is 0.325 e. The molecule has 0 spiro atoms. The number of rotatable bonds is 2. The first-order valence-electron chi connectivity index (χ1n) is 2.39. The topological polar surface area (TPSA) is 43.1 Å². The van der Waals surface area contributed by atoms with Crippen LogP contribution in [0.5, 0.6) is 0 Å². The van der Waals surface area contributed by atoms with Gasteiger partial charge in [-0.1, -0.05) is 6.08 Å². The molecule has 2 atom stereocenters. The first-order chi connectivity index (χ1) is 3.63. The van der Waals surface area contributed by atoms with Gasteiger partial charge in [-0.25, -0.2) is 0 Å². The van der Waals surface area contributed by atoms with Crippen molar-refractivity contribution in [3.63, 3.8) is 0 Å². The van der Waals surface area contributed by atoms with Crippen molar-refractivity contribution in [3.05, 3.63) is 11.5 Å². The standard InChI is InChI=1S/C5H11NOS/c1-5(6)3-4-8(2)7/h3-5H,6H2,1-2H3/b4-3-/t5-,8?/m1/s1. The van der Waals surface area contributed by atoms with Crippen LogP contribution in [0.4, 0.5) is 0 Å². The van der Waals surface area contributed by atoms with Crippen LogP contribution in [0.1, 0.15) is 6.92 Å². The van der Waals surface area contributed by atoms with Crippen LogP contribution >= 0.6 is 0 Å². The second kappa shape index (κ2) is 3.80. The molecule has 0 radical (unpaired) electrons. The van der Waals surface area contributed by atoms with E-state index in [1.807, 2.05) is 6.92 Å². The van der Waals surface area contributed by atoms with Crippen molar-refractivity contribution in [2.45, 2.75) is 13.0 Å². The maximum Gasteiger partial charge on any atom is 0.0421 e. The minimum absolute atomic E-state index is 0.0129. The Balaban J connectivity index is 3.50. The summed E-state index contributed by atoms with van der Waals surface area (Å²) in [5, 5.41) is 1.59. The van der Waals surface area contributed by atoms with Gasteiger partial charge >= 0.3 is 0 Å². The summed E-state index contributed by atoms with van der Waals surface area (Å²) in [4.78, 5) is 0. The van der Waals surface area contributed by atoms with E-state index in [0.29, 0.717) is 0 Å². The molecule has 0 rings (SSSR count). The first-order valence-corrected chi connectivity index (χ1v) is 4.01. The van der Waals surface area contributed by atoms with E-state index in [2.05, 4.69) is 0 Å². The van der Waals surface area contributed by atoms with Crippen LogP contribution in [0.25, 0.3) is 0 Å². The summed E-state index contributed by atoms with van der Waals surface area (Å²) in [6.07, 6.45) is 3.33. The highest BCUT2D eigenvalue weighted by molar-refractivity contribution is 7.87. The average molecular weight is 133 g/mol. The molecule has 0 aliphatic rings. The molecule has 0 amide bonds. The van der Waals surface area contributed by atoms with Gasteiger partial charge in [0, 0.05) is 23.1 Å². The van der Waals surface area contributed by atoms with Crippen LogP contribution in [-0.4, -0.2) is 16.5 Å². The van der Waals surface area contributed by atoms with Gasteiger partial charge in [0.15, 0.2) is 0 Å². The van der Waals surface area contributed by atoms with Crippen LogP contribution < -0.4 is 5.73 Å². The van der Waals surface area contributed by atoms with Crippen molar-refractivity contribution in [1.82, 2.24) is 0 Å². The van der Waals surface area contributed by atoms with Crippen molar-refractivity contribution in [1.29, 1.82) is 0 Å².